The Morgan fingerprint density at radius 2 is 2.16 bits per heavy atom. The number of benzene rings is 1. The number of carbonyl (C=O) groups is 1. The Bertz CT molecular complexity index is 561. The van der Waals surface area contributed by atoms with E-state index >= 15 is 0 Å². The number of hydrogen-bond acceptors (Lipinski definition) is 3. The van der Waals surface area contributed by atoms with E-state index in [9.17, 15) is 4.79 Å². The van der Waals surface area contributed by atoms with Gasteiger partial charge in [0.15, 0.2) is 5.69 Å². The van der Waals surface area contributed by atoms with Crippen LogP contribution in [0.5, 0.6) is 0 Å². The highest BCUT2D eigenvalue weighted by Crippen LogP contribution is 2.10. The van der Waals surface area contributed by atoms with Crippen LogP contribution in [0.2, 0.25) is 0 Å². The predicted octanol–water partition coefficient (Wildman–Crippen LogP) is 3.03. The molecule has 0 aliphatic rings. The van der Waals surface area contributed by atoms with Crippen molar-refractivity contribution in [3.8, 4) is 0 Å². The molecule has 4 heteroatoms. The first kappa shape index (κ1) is 13.3. The van der Waals surface area contributed by atoms with Crippen LogP contribution in [0.25, 0.3) is 0 Å². The fourth-order valence-electron chi connectivity index (χ4n) is 1.85. The molecule has 0 fully saturated rings. The summed E-state index contributed by atoms with van der Waals surface area (Å²) in [6.07, 6.45) is 1.90. The van der Waals surface area contributed by atoms with Crippen LogP contribution in [0.3, 0.4) is 0 Å². The molecule has 0 aliphatic carbocycles. The summed E-state index contributed by atoms with van der Waals surface area (Å²) in [6, 6.07) is 9.60. The molecule has 0 radical (unpaired) electrons. The van der Waals surface area contributed by atoms with Crippen molar-refractivity contribution < 1.29 is 9.53 Å². The van der Waals surface area contributed by atoms with Gasteiger partial charge in [0.25, 0.3) is 0 Å². The molecular formula is C15H18N2O2. The minimum absolute atomic E-state index is 0.279. The van der Waals surface area contributed by atoms with Crippen LogP contribution in [-0.4, -0.2) is 16.2 Å². The highest BCUT2D eigenvalue weighted by Gasteiger charge is 2.12. The van der Waals surface area contributed by atoms with Crippen molar-refractivity contribution in [2.45, 2.75) is 33.3 Å². The van der Waals surface area contributed by atoms with E-state index in [1.807, 2.05) is 31.2 Å². The molecule has 0 unspecified atom stereocenters. The Morgan fingerprint density at radius 1 is 1.37 bits per heavy atom. The van der Waals surface area contributed by atoms with Crippen LogP contribution in [0.4, 0.5) is 0 Å². The van der Waals surface area contributed by atoms with Crippen molar-refractivity contribution in [1.29, 1.82) is 0 Å². The van der Waals surface area contributed by atoms with Crippen LogP contribution < -0.4 is 0 Å². The average Bonchev–Trinajstić information content (AvgIpc) is 2.87. The van der Waals surface area contributed by atoms with Gasteiger partial charge in [0.2, 0.25) is 0 Å². The molecule has 0 aliphatic heterocycles. The third kappa shape index (κ3) is 3.44. The maximum atomic E-state index is 11.8. The number of nitrogens with one attached hydrogen (secondary N) is 1. The van der Waals surface area contributed by atoms with Crippen molar-refractivity contribution in [3.63, 3.8) is 0 Å². The lowest BCUT2D eigenvalue weighted by atomic mass is 10.1. The number of H-pyrrole nitrogens is 1. The van der Waals surface area contributed by atoms with Crippen LogP contribution in [-0.2, 0) is 17.8 Å². The summed E-state index contributed by atoms with van der Waals surface area (Å²) >= 11 is 0. The van der Waals surface area contributed by atoms with Gasteiger partial charge in [-0.3, -0.25) is 5.10 Å². The molecular weight excluding hydrogens is 240 g/mol. The van der Waals surface area contributed by atoms with Crippen LogP contribution >= 0.6 is 0 Å². The van der Waals surface area contributed by atoms with Gasteiger partial charge >= 0.3 is 5.97 Å². The molecule has 1 heterocycles. The zero-order chi connectivity index (χ0) is 13.7. The Hall–Kier alpha value is -2.10. The summed E-state index contributed by atoms with van der Waals surface area (Å²) in [5.74, 6) is -0.387. The van der Waals surface area contributed by atoms with E-state index < -0.39 is 0 Å². The third-order valence-electron chi connectivity index (χ3n) is 2.98. The largest absolute Gasteiger partial charge is 0.456 e. The highest BCUT2D eigenvalue weighted by atomic mass is 16.5. The molecule has 0 saturated carbocycles. The topological polar surface area (TPSA) is 55.0 Å². The van der Waals surface area contributed by atoms with Crippen molar-refractivity contribution in [2.24, 2.45) is 0 Å². The molecule has 0 atom stereocenters. The molecule has 4 nitrogen and oxygen atoms in total. The second-order valence-electron chi connectivity index (χ2n) is 4.53. The van der Waals surface area contributed by atoms with Crippen molar-refractivity contribution in [3.05, 3.63) is 52.8 Å². The van der Waals surface area contributed by atoms with Gasteiger partial charge in [-0.15, -0.1) is 0 Å². The number of carbonyl (C=O) groups excluding carboxylic acids is 1. The second-order valence-corrected chi connectivity index (χ2v) is 4.53. The van der Waals surface area contributed by atoms with Gasteiger partial charge in [0, 0.05) is 5.69 Å². The van der Waals surface area contributed by atoms with E-state index in [-0.39, 0.29) is 12.6 Å². The van der Waals surface area contributed by atoms with Crippen molar-refractivity contribution >= 4 is 5.97 Å². The monoisotopic (exact) mass is 258 g/mol. The highest BCUT2D eigenvalue weighted by molar-refractivity contribution is 5.87. The van der Waals surface area contributed by atoms with Gasteiger partial charge in [-0.2, -0.15) is 5.10 Å². The first-order valence-electron chi connectivity index (χ1n) is 6.46. The number of hydrogen-bond donors (Lipinski definition) is 1. The number of aromatic nitrogens is 2. The Morgan fingerprint density at radius 3 is 2.89 bits per heavy atom. The molecule has 100 valence electrons. The summed E-state index contributed by atoms with van der Waals surface area (Å²) in [6.45, 7) is 4.36. The SMILES string of the molecule is CCCc1cc(C(=O)OCc2ccccc2C)n[nH]1. The van der Waals surface area contributed by atoms with Gasteiger partial charge in [0.1, 0.15) is 6.61 Å². The summed E-state index contributed by atoms with van der Waals surface area (Å²) < 4.78 is 5.26. The molecule has 1 aromatic heterocycles. The Balaban J connectivity index is 1.95. The van der Waals surface area contributed by atoms with Crippen molar-refractivity contribution in [1.82, 2.24) is 10.2 Å². The van der Waals surface area contributed by atoms with E-state index in [1.165, 1.54) is 0 Å². The lowest BCUT2D eigenvalue weighted by Gasteiger charge is -2.05. The summed E-state index contributed by atoms with van der Waals surface area (Å²) in [5, 5.41) is 6.82. The Kier molecular flexibility index (Phi) is 4.34. The number of esters is 1. The number of aromatic amines is 1. The van der Waals surface area contributed by atoms with E-state index in [1.54, 1.807) is 6.07 Å². The first-order chi connectivity index (χ1) is 9.20. The fraction of sp³-hybridized carbons (Fsp3) is 0.333. The van der Waals surface area contributed by atoms with Crippen LogP contribution in [0, 0.1) is 6.92 Å². The van der Waals surface area contributed by atoms with Gasteiger partial charge in [-0.25, -0.2) is 4.79 Å². The maximum Gasteiger partial charge on any atom is 0.359 e. The minimum atomic E-state index is -0.387. The third-order valence-corrected chi connectivity index (χ3v) is 2.98. The zero-order valence-corrected chi connectivity index (χ0v) is 11.3. The zero-order valence-electron chi connectivity index (χ0n) is 11.3. The first-order valence-corrected chi connectivity index (χ1v) is 6.46. The molecule has 19 heavy (non-hydrogen) atoms. The summed E-state index contributed by atoms with van der Waals surface area (Å²) in [5.41, 5.74) is 3.44. The summed E-state index contributed by atoms with van der Waals surface area (Å²) in [4.78, 5) is 11.8. The molecule has 0 amide bonds. The average molecular weight is 258 g/mol. The van der Waals surface area contributed by atoms with Gasteiger partial charge in [-0.1, -0.05) is 37.6 Å². The number of rotatable bonds is 5. The fourth-order valence-corrected chi connectivity index (χ4v) is 1.85. The number of ether oxygens (including phenoxy) is 1. The quantitative estimate of drug-likeness (QED) is 0.839. The van der Waals surface area contributed by atoms with E-state index in [0.29, 0.717) is 5.69 Å². The Labute approximate surface area is 112 Å². The molecule has 1 aromatic carbocycles. The van der Waals surface area contributed by atoms with Gasteiger partial charge < -0.3 is 4.74 Å². The lowest BCUT2D eigenvalue weighted by molar-refractivity contribution is 0.0465. The van der Waals surface area contributed by atoms with E-state index in [2.05, 4.69) is 17.1 Å². The van der Waals surface area contributed by atoms with E-state index in [0.717, 1.165) is 29.7 Å². The number of nitrogens with zero attached hydrogens (tertiary/aromatic N) is 1. The van der Waals surface area contributed by atoms with Crippen LogP contribution in [0.1, 0.15) is 40.7 Å². The normalized spacial score (nSPS) is 10.4. The lowest BCUT2D eigenvalue weighted by Crippen LogP contribution is -2.06. The second kappa shape index (κ2) is 6.18. The van der Waals surface area contributed by atoms with Gasteiger partial charge in [-0.05, 0) is 30.5 Å². The maximum absolute atomic E-state index is 11.8. The summed E-state index contributed by atoms with van der Waals surface area (Å²) in [7, 11) is 0. The molecule has 2 aromatic rings. The van der Waals surface area contributed by atoms with Crippen LogP contribution in [0.15, 0.2) is 30.3 Å². The predicted molar refractivity (Wildman–Crippen MR) is 72.9 cm³/mol. The molecule has 0 saturated heterocycles. The van der Waals surface area contributed by atoms with E-state index in [4.69, 9.17) is 4.74 Å². The smallest absolute Gasteiger partial charge is 0.359 e. The molecule has 0 bridgehead atoms. The minimum Gasteiger partial charge on any atom is -0.456 e. The molecule has 1 N–H and O–H groups in total. The van der Waals surface area contributed by atoms with Gasteiger partial charge in [0.05, 0.1) is 0 Å². The standard InChI is InChI=1S/C15H18N2O2/c1-3-6-13-9-14(17-16-13)15(18)19-10-12-8-5-4-7-11(12)2/h4-5,7-9H,3,6,10H2,1-2H3,(H,16,17). The molecule has 0 spiro atoms. The molecule has 2 rings (SSSR count). The van der Waals surface area contributed by atoms with Crippen molar-refractivity contribution in [2.75, 3.05) is 0 Å². The number of aryl methyl sites for hydroxylation is 2.